The van der Waals surface area contributed by atoms with E-state index < -0.39 is 0 Å². The molecule has 0 aromatic carbocycles. The quantitative estimate of drug-likeness (QED) is 0.781. The van der Waals surface area contributed by atoms with Crippen LogP contribution in [0.5, 0.6) is 0 Å². The molecular formula is C14H30N2. The highest BCUT2D eigenvalue weighted by Crippen LogP contribution is 2.36. The lowest BCUT2D eigenvalue weighted by Crippen LogP contribution is -2.55. The minimum absolute atomic E-state index is 0.302. The van der Waals surface area contributed by atoms with E-state index in [1.54, 1.807) is 0 Å². The minimum Gasteiger partial charge on any atom is -0.329 e. The average Bonchev–Trinajstić information content (AvgIpc) is 2.28. The molecule has 0 saturated heterocycles. The molecule has 2 nitrogen and oxygen atoms in total. The van der Waals surface area contributed by atoms with Gasteiger partial charge in [-0.3, -0.25) is 4.90 Å². The molecule has 0 bridgehead atoms. The fourth-order valence-electron chi connectivity index (χ4n) is 3.11. The fourth-order valence-corrected chi connectivity index (χ4v) is 3.11. The Morgan fingerprint density at radius 1 is 1.31 bits per heavy atom. The summed E-state index contributed by atoms with van der Waals surface area (Å²) < 4.78 is 0. The highest BCUT2D eigenvalue weighted by Gasteiger charge is 2.37. The van der Waals surface area contributed by atoms with E-state index >= 15 is 0 Å². The summed E-state index contributed by atoms with van der Waals surface area (Å²) in [6.45, 7) is 8.90. The van der Waals surface area contributed by atoms with E-state index in [4.69, 9.17) is 5.73 Å². The number of hydrogen-bond donors (Lipinski definition) is 1. The minimum atomic E-state index is 0.302. The van der Waals surface area contributed by atoms with Crippen molar-refractivity contribution in [1.29, 1.82) is 0 Å². The summed E-state index contributed by atoms with van der Waals surface area (Å²) in [6, 6.07) is 0. The van der Waals surface area contributed by atoms with Crippen molar-refractivity contribution in [3.63, 3.8) is 0 Å². The van der Waals surface area contributed by atoms with Crippen molar-refractivity contribution < 1.29 is 0 Å². The third-order valence-corrected chi connectivity index (χ3v) is 4.44. The van der Waals surface area contributed by atoms with Crippen LogP contribution in [0, 0.1) is 11.8 Å². The van der Waals surface area contributed by atoms with Gasteiger partial charge in [0.15, 0.2) is 0 Å². The molecule has 1 saturated carbocycles. The highest BCUT2D eigenvalue weighted by atomic mass is 15.2. The Balaban J connectivity index is 2.58. The smallest absolute Gasteiger partial charge is 0.0329 e. The maximum absolute atomic E-state index is 6.06. The molecule has 0 radical (unpaired) electrons. The highest BCUT2D eigenvalue weighted by molar-refractivity contribution is 4.94. The SMILES string of the molecule is CCC1CCC(CN)(N(C)CC(C)C)CC1. The lowest BCUT2D eigenvalue weighted by Gasteiger charge is -2.46. The molecule has 1 aliphatic carbocycles. The van der Waals surface area contributed by atoms with Crippen molar-refractivity contribution in [3.05, 3.63) is 0 Å². The second-order valence-corrected chi connectivity index (χ2v) is 6.05. The summed E-state index contributed by atoms with van der Waals surface area (Å²) in [5.74, 6) is 1.68. The van der Waals surface area contributed by atoms with Crippen LogP contribution >= 0.6 is 0 Å². The first-order valence-corrected chi connectivity index (χ1v) is 6.95. The monoisotopic (exact) mass is 226 g/mol. The first-order valence-electron chi connectivity index (χ1n) is 6.95. The Labute approximate surface area is 102 Å². The van der Waals surface area contributed by atoms with Gasteiger partial charge in [0.1, 0.15) is 0 Å². The molecule has 2 heteroatoms. The standard InChI is InChI=1S/C14H30N2/c1-5-13-6-8-14(11-15,9-7-13)16(4)10-12(2)3/h12-13H,5-11,15H2,1-4H3. The maximum atomic E-state index is 6.06. The van der Waals surface area contributed by atoms with Crippen LogP contribution in [0.4, 0.5) is 0 Å². The second-order valence-electron chi connectivity index (χ2n) is 6.05. The van der Waals surface area contributed by atoms with Gasteiger partial charge < -0.3 is 5.73 Å². The van der Waals surface area contributed by atoms with Gasteiger partial charge in [0.2, 0.25) is 0 Å². The maximum Gasteiger partial charge on any atom is 0.0329 e. The van der Waals surface area contributed by atoms with E-state index in [0.717, 1.165) is 18.4 Å². The summed E-state index contributed by atoms with van der Waals surface area (Å²) >= 11 is 0. The zero-order chi connectivity index (χ0) is 12.2. The predicted molar refractivity (Wildman–Crippen MR) is 71.5 cm³/mol. The zero-order valence-corrected chi connectivity index (χ0v) is 11.6. The normalized spacial score (nSPS) is 31.3. The van der Waals surface area contributed by atoms with Crippen molar-refractivity contribution in [2.75, 3.05) is 20.1 Å². The van der Waals surface area contributed by atoms with Gasteiger partial charge in [-0.15, -0.1) is 0 Å². The van der Waals surface area contributed by atoms with Gasteiger partial charge in [-0.2, -0.15) is 0 Å². The third kappa shape index (κ3) is 3.21. The molecule has 0 heterocycles. The molecule has 0 amide bonds. The van der Waals surface area contributed by atoms with Crippen LogP contribution < -0.4 is 5.73 Å². The largest absolute Gasteiger partial charge is 0.329 e. The van der Waals surface area contributed by atoms with Gasteiger partial charge in [0, 0.05) is 18.6 Å². The Morgan fingerprint density at radius 2 is 1.88 bits per heavy atom. The number of nitrogens with two attached hydrogens (primary N) is 1. The molecule has 0 unspecified atom stereocenters. The van der Waals surface area contributed by atoms with E-state index in [1.165, 1.54) is 38.6 Å². The van der Waals surface area contributed by atoms with Gasteiger partial charge in [-0.25, -0.2) is 0 Å². The zero-order valence-electron chi connectivity index (χ0n) is 11.6. The molecule has 0 atom stereocenters. The summed E-state index contributed by atoms with van der Waals surface area (Å²) in [7, 11) is 2.26. The molecule has 16 heavy (non-hydrogen) atoms. The van der Waals surface area contributed by atoms with Crippen LogP contribution in [-0.4, -0.2) is 30.6 Å². The average molecular weight is 226 g/mol. The molecule has 1 rings (SSSR count). The Morgan fingerprint density at radius 3 is 2.25 bits per heavy atom. The first-order chi connectivity index (χ1) is 7.54. The molecule has 0 aromatic rings. The predicted octanol–water partition coefficient (Wildman–Crippen LogP) is 2.87. The summed E-state index contributed by atoms with van der Waals surface area (Å²) in [4.78, 5) is 2.53. The molecule has 1 fully saturated rings. The van der Waals surface area contributed by atoms with Crippen molar-refractivity contribution in [2.24, 2.45) is 17.6 Å². The van der Waals surface area contributed by atoms with Crippen molar-refractivity contribution in [1.82, 2.24) is 4.90 Å². The van der Waals surface area contributed by atoms with Gasteiger partial charge in [0.05, 0.1) is 0 Å². The Kier molecular flexibility index (Phi) is 5.26. The number of likely N-dealkylation sites (N-methyl/N-ethyl adjacent to an activating group) is 1. The van der Waals surface area contributed by atoms with E-state index in [0.29, 0.717) is 5.54 Å². The van der Waals surface area contributed by atoms with Crippen molar-refractivity contribution in [2.45, 2.75) is 58.4 Å². The van der Waals surface area contributed by atoms with E-state index in [-0.39, 0.29) is 0 Å². The van der Waals surface area contributed by atoms with Gasteiger partial charge in [-0.05, 0) is 44.6 Å². The molecule has 96 valence electrons. The van der Waals surface area contributed by atoms with Crippen LogP contribution in [0.3, 0.4) is 0 Å². The molecule has 0 aromatic heterocycles. The Hall–Kier alpha value is -0.0800. The van der Waals surface area contributed by atoms with Crippen LogP contribution in [0.2, 0.25) is 0 Å². The number of nitrogens with zero attached hydrogens (tertiary/aromatic N) is 1. The van der Waals surface area contributed by atoms with Crippen LogP contribution in [0.15, 0.2) is 0 Å². The lowest BCUT2D eigenvalue weighted by molar-refractivity contribution is 0.0551. The van der Waals surface area contributed by atoms with Crippen molar-refractivity contribution in [3.8, 4) is 0 Å². The third-order valence-electron chi connectivity index (χ3n) is 4.44. The summed E-state index contributed by atoms with van der Waals surface area (Å²) in [5.41, 5.74) is 6.36. The molecular weight excluding hydrogens is 196 g/mol. The molecule has 0 aliphatic heterocycles. The summed E-state index contributed by atoms with van der Waals surface area (Å²) in [5, 5.41) is 0. The second kappa shape index (κ2) is 6.02. The molecule has 0 spiro atoms. The first kappa shape index (κ1) is 14.0. The van der Waals surface area contributed by atoms with E-state index in [9.17, 15) is 0 Å². The van der Waals surface area contributed by atoms with Gasteiger partial charge in [-0.1, -0.05) is 27.2 Å². The fraction of sp³-hybridized carbons (Fsp3) is 1.00. The van der Waals surface area contributed by atoms with E-state index in [1.807, 2.05) is 0 Å². The van der Waals surface area contributed by atoms with Crippen LogP contribution in [0.1, 0.15) is 52.9 Å². The lowest BCUT2D eigenvalue weighted by atomic mass is 9.74. The van der Waals surface area contributed by atoms with Crippen LogP contribution in [-0.2, 0) is 0 Å². The van der Waals surface area contributed by atoms with Gasteiger partial charge in [0.25, 0.3) is 0 Å². The molecule has 1 aliphatic rings. The molecule has 2 N–H and O–H groups in total. The Bertz CT molecular complexity index is 193. The topological polar surface area (TPSA) is 29.3 Å². The number of hydrogen-bond acceptors (Lipinski definition) is 2. The van der Waals surface area contributed by atoms with E-state index in [2.05, 4.69) is 32.7 Å². The number of rotatable bonds is 5. The van der Waals surface area contributed by atoms with Crippen molar-refractivity contribution >= 4 is 0 Å². The van der Waals surface area contributed by atoms with Crippen LogP contribution in [0.25, 0.3) is 0 Å². The van der Waals surface area contributed by atoms with Gasteiger partial charge >= 0.3 is 0 Å². The summed E-state index contributed by atoms with van der Waals surface area (Å²) in [6.07, 6.45) is 6.68.